The fraction of sp³-hybridized carbons (Fsp3) is 0.417. The summed E-state index contributed by atoms with van der Waals surface area (Å²) >= 11 is 0. The third-order valence-electron chi connectivity index (χ3n) is 5.05. The number of halogens is 1. The maximum absolute atomic E-state index is 13.4. The Morgan fingerprint density at radius 3 is 2.16 bits per heavy atom. The van der Waals surface area contributed by atoms with E-state index in [-0.39, 0.29) is 11.6 Å². The topological polar surface area (TPSA) is 108 Å². The van der Waals surface area contributed by atoms with Crippen LogP contribution in [0.2, 0.25) is 0 Å². The first kappa shape index (κ1) is 25.6. The Kier molecular flexibility index (Phi) is 7.57. The molecule has 3 atom stereocenters. The molecule has 0 radical (unpaired) electrons. The largest absolute Gasteiger partial charge is 0.541 e. The van der Waals surface area contributed by atoms with Crippen molar-refractivity contribution in [2.24, 2.45) is 5.92 Å². The van der Waals surface area contributed by atoms with Crippen molar-refractivity contribution in [2.75, 3.05) is 0 Å². The Labute approximate surface area is 188 Å². The molecule has 3 unspecified atom stereocenters. The highest BCUT2D eigenvalue weighted by atomic mass is 31.1. The van der Waals surface area contributed by atoms with Crippen molar-refractivity contribution in [1.29, 1.82) is 0 Å². The summed E-state index contributed by atoms with van der Waals surface area (Å²) in [5.74, 6) is 2.47. The molecule has 0 bridgehead atoms. The van der Waals surface area contributed by atoms with Crippen LogP contribution in [0.15, 0.2) is 42.5 Å². The monoisotopic (exact) mass is 460 g/mol. The van der Waals surface area contributed by atoms with E-state index in [9.17, 15) is 28.9 Å². The summed E-state index contributed by atoms with van der Waals surface area (Å²) in [6.45, 7) is 9.08. The second-order valence-electron chi connectivity index (χ2n) is 9.03. The second-order valence-corrected chi connectivity index (χ2v) is 10.3. The van der Waals surface area contributed by atoms with Gasteiger partial charge in [-0.1, -0.05) is 58.7 Å². The van der Waals surface area contributed by atoms with Gasteiger partial charge in [0.25, 0.3) is 0 Å². The average Bonchev–Trinajstić information content (AvgIpc) is 2.69. The van der Waals surface area contributed by atoms with Crippen molar-refractivity contribution >= 4 is 14.0 Å². The third kappa shape index (κ3) is 5.05. The first-order valence-corrected chi connectivity index (χ1v) is 11.3. The molecule has 0 saturated heterocycles. The minimum absolute atomic E-state index is 0.105. The van der Waals surface area contributed by atoms with Gasteiger partial charge < -0.3 is 10.2 Å². The molecule has 0 aliphatic heterocycles. The van der Waals surface area contributed by atoms with Crippen molar-refractivity contribution in [1.82, 2.24) is 4.98 Å². The van der Waals surface area contributed by atoms with Crippen LogP contribution in [0.5, 0.6) is 0 Å². The minimum Gasteiger partial charge on any atom is -0.477 e. The molecule has 0 spiro atoms. The molecule has 3 N–H and O–H groups in total. The number of carboxylic acid groups (broad SMARTS) is 1. The van der Waals surface area contributed by atoms with Crippen LogP contribution in [0.3, 0.4) is 0 Å². The molecule has 2 aromatic rings. The van der Waals surface area contributed by atoms with Gasteiger partial charge in [0, 0.05) is 23.4 Å². The predicted molar refractivity (Wildman–Crippen MR) is 120 cm³/mol. The van der Waals surface area contributed by atoms with Crippen LogP contribution in [-0.4, -0.2) is 31.2 Å². The number of carboxylic acids is 1. The molecule has 32 heavy (non-hydrogen) atoms. The first-order chi connectivity index (χ1) is 14.7. The van der Waals surface area contributed by atoms with Crippen LogP contribution in [0.25, 0.3) is 0 Å². The molecule has 1 aromatic heterocycles. The zero-order valence-corrected chi connectivity index (χ0v) is 19.7. The smallest absolute Gasteiger partial charge is 0.477 e. The van der Waals surface area contributed by atoms with Gasteiger partial charge in [0.2, 0.25) is 0 Å². The number of aliphatic carboxylic acids is 1. The number of carbonyl (C=O) groups is 1. The number of hydrogen-bond donors (Lipinski definition) is 3. The Balaban J connectivity index is 2.91. The van der Waals surface area contributed by atoms with Gasteiger partial charge in [0.1, 0.15) is 5.82 Å². The van der Waals surface area contributed by atoms with Gasteiger partial charge in [0.05, 0.1) is 5.69 Å². The summed E-state index contributed by atoms with van der Waals surface area (Å²) in [6.07, 6.45) is -0.422. The highest BCUT2D eigenvalue weighted by Gasteiger charge is 2.72. The quantitative estimate of drug-likeness (QED) is 0.441. The zero-order valence-electron chi connectivity index (χ0n) is 18.8. The summed E-state index contributed by atoms with van der Waals surface area (Å²) in [6, 6.07) is 9.81. The minimum atomic E-state index is -3.56. The van der Waals surface area contributed by atoms with Gasteiger partial charge in [-0.2, -0.15) is 4.89 Å². The van der Waals surface area contributed by atoms with Gasteiger partial charge in [-0.15, -0.1) is 0 Å². The summed E-state index contributed by atoms with van der Waals surface area (Å²) in [4.78, 5) is 27.3. The average molecular weight is 460 g/mol. The number of nitrogens with zero attached hydrogens (tertiary/aromatic N) is 1. The van der Waals surface area contributed by atoms with Crippen LogP contribution in [0.1, 0.15) is 51.6 Å². The molecule has 1 heterocycles. The molecule has 0 saturated carbocycles. The fourth-order valence-electron chi connectivity index (χ4n) is 3.25. The summed E-state index contributed by atoms with van der Waals surface area (Å²) < 4.78 is 26.1. The number of rotatable bonds is 6. The van der Waals surface area contributed by atoms with Gasteiger partial charge in [-0.25, -0.2) is 9.18 Å². The Morgan fingerprint density at radius 2 is 1.69 bits per heavy atom. The number of aromatic nitrogens is 1. The van der Waals surface area contributed by atoms with Crippen molar-refractivity contribution in [3.8, 4) is 11.8 Å². The highest BCUT2D eigenvalue weighted by Crippen LogP contribution is 2.50. The van der Waals surface area contributed by atoms with E-state index >= 15 is 0 Å². The van der Waals surface area contributed by atoms with Crippen molar-refractivity contribution in [2.45, 2.75) is 57.2 Å². The lowest BCUT2D eigenvalue weighted by Gasteiger charge is -2.33. The molecule has 0 aliphatic carbocycles. The third-order valence-corrected chi connectivity index (χ3v) is 6.30. The molecule has 170 valence electrons. The standard InChI is InChI=1S/C24H27FNO5P/c1-16(2)13-14-24(21(27)28,32(30)31)23(29,15-17-9-11-18(25)12-10-17)20-8-6-7-19(26-20)22(3,4)5/h6-12,16,29H,15H2,1-5H3,(H-,27,28,30,31)/p+1. The number of aliphatic hydroxyl groups is 1. The predicted octanol–water partition coefficient (Wildman–Crippen LogP) is 4.17. The lowest BCUT2D eigenvalue weighted by Crippen LogP contribution is -2.56. The van der Waals surface area contributed by atoms with Gasteiger partial charge in [-0.05, 0) is 40.3 Å². The molecular weight excluding hydrogens is 432 g/mol. The van der Waals surface area contributed by atoms with E-state index in [4.69, 9.17) is 0 Å². The van der Waals surface area contributed by atoms with Gasteiger partial charge in [0.15, 0.2) is 5.60 Å². The van der Waals surface area contributed by atoms with Crippen LogP contribution in [0.4, 0.5) is 4.39 Å². The lowest BCUT2D eigenvalue weighted by atomic mass is 9.77. The van der Waals surface area contributed by atoms with Crippen LogP contribution in [0, 0.1) is 23.6 Å². The van der Waals surface area contributed by atoms with Crippen LogP contribution < -0.4 is 0 Å². The van der Waals surface area contributed by atoms with Crippen molar-refractivity contribution < 1.29 is 28.9 Å². The number of benzene rings is 1. The Bertz CT molecular complexity index is 1050. The maximum atomic E-state index is 13.4. The molecule has 0 amide bonds. The molecule has 0 aliphatic rings. The normalized spacial score (nSPS) is 15.8. The van der Waals surface area contributed by atoms with Gasteiger partial charge in [-0.3, -0.25) is 4.98 Å². The molecule has 1 aromatic carbocycles. The van der Waals surface area contributed by atoms with Crippen molar-refractivity contribution in [3.63, 3.8) is 0 Å². The van der Waals surface area contributed by atoms with E-state index in [0.717, 1.165) is 12.1 Å². The van der Waals surface area contributed by atoms with Crippen molar-refractivity contribution in [3.05, 3.63) is 65.2 Å². The maximum Gasteiger partial charge on any atom is 0.541 e. The first-order valence-electron chi connectivity index (χ1n) is 10.1. The Morgan fingerprint density at radius 1 is 1.12 bits per heavy atom. The van der Waals surface area contributed by atoms with Crippen LogP contribution >= 0.6 is 8.03 Å². The molecule has 0 fully saturated rings. The van der Waals surface area contributed by atoms with E-state index in [1.54, 1.807) is 26.0 Å². The molecule has 6 nitrogen and oxygen atoms in total. The summed E-state index contributed by atoms with van der Waals surface area (Å²) in [7, 11) is -3.56. The lowest BCUT2D eigenvalue weighted by molar-refractivity contribution is -0.146. The zero-order chi connectivity index (χ0) is 24.3. The van der Waals surface area contributed by atoms with E-state index < -0.39 is 42.4 Å². The number of hydrogen-bond acceptors (Lipinski definition) is 4. The summed E-state index contributed by atoms with van der Waals surface area (Å²) in [5, 5.41) is 19.4. The molecule has 8 heteroatoms. The van der Waals surface area contributed by atoms with E-state index in [1.807, 2.05) is 20.8 Å². The molecule has 2 rings (SSSR count). The van der Waals surface area contributed by atoms with E-state index in [0.29, 0.717) is 11.3 Å². The second kappa shape index (κ2) is 9.46. The molecular formula is C24H28FNO5P+. The van der Waals surface area contributed by atoms with E-state index in [1.165, 1.54) is 18.2 Å². The fourth-order valence-corrected chi connectivity index (χ4v) is 4.09. The summed E-state index contributed by atoms with van der Waals surface area (Å²) in [5.41, 5.74) is -2.14. The Hall–Kier alpha value is -2.65. The number of pyridine rings is 1. The highest BCUT2D eigenvalue weighted by molar-refractivity contribution is 7.42. The van der Waals surface area contributed by atoms with Gasteiger partial charge >= 0.3 is 19.2 Å². The SMILES string of the molecule is CC(C)C#CC(C(=O)O)([P+](=O)O)C(O)(Cc1ccc(F)cc1)c1cccc(C(C)(C)C)n1. The van der Waals surface area contributed by atoms with E-state index in [2.05, 4.69) is 16.8 Å². The van der Waals surface area contributed by atoms with Crippen LogP contribution in [-0.2, 0) is 26.8 Å².